The Labute approximate surface area is 214 Å². The van der Waals surface area contributed by atoms with E-state index >= 15 is 0 Å². The van der Waals surface area contributed by atoms with E-state index in [0.29, 0.717) is 18.8 Å². The van der Waals surface area contributed by atoms with Gasteiger partial charge >= 0.3 is 6.03 Å². The van der Waals surface area contributed by atoms with E-state index in [1.54, 1.807) is 6.92 Å². The second-order valence-corrected chi connectivity index (χ2v) is 9.34. The lowest BCUT2D eigenvalue weighted by Crippen LogP contribution is -2.44. The van der Waals surface area contributed by atoms with Crippen molar-refractivity contribution in [2.45, 2.75) is 25.4 Å². The fourth-order valence-electron chi connectivity index (χ4n) is 4.66. The average Bonchev–Trinajstić information content (AvgIpc) is 2.92. The number of hydrogen-bond donors (Lipinski definition) is 2. The van der Waals surface area contributed by atoms with Gasteiger partial charge in [0.2, 0.25) is 0 Å². The summed E-state index contributed by atoms with van der Waals surface area (Å²) in [5.41, 5.74) is 3.97. The van der Waals surface area contributed by atoms with Crippen molar-refractivity contribution in [2.75, 3.05) is 51.3 Å². The summed E-state index contributed by atoms with van der Waals surface area (Å²) in [4.78, 5) is 17.7. The first kappa shape index (κ1) is 25.9. The molecule has 3 aromatic rings. The number of urea groups is 1. The van der Waals surface area contributed by atoms with Gasteiger partial charge in [0.15, 0.2) is 0 Å². The predicted octanol–water partition coefficient (Wildman–Crippen LogP) is 5.13. The summed E-state index contributed by atoms with van der Waals surface area (Å²) in [5, 5.41) is 13.0. The first-order valence-electron chi connectivity index (χ1n) is 12.8. The van der Waals surface area contributed by atoms with Crippen LogP contribution in [-0.2, 0) is 4.74 Å². The third kappa shape index (κ3) is 7.40. The normalized spacial score (nSPS) is 15.0. The molecule has 6 nitrogen and oxygen atoms in total. The molecule has 36 heavy (non-hydrogen) atoms. The van der Waals surface area contributed by atoms with Crippen LogP contribution >= 0.6 is 0 Å². The maximum absolute atomic E-state index is 13.5. The SMILES string of the molecule is CC(O)c1cccc(NC(=O)N(CCC(c2ccccc2)c2ccccc2)CCN2CCOCC2)c1. The molecule has 6 heteroatoms. The van der Waals surface area contributed by atoms with Gasteiger partial charge in [-0.3, -0.25) is 4.90 Å². The van der Waals surface area contributed by atoms with Gasteiger partial charge in [-0.2, -0.15) is 0 Å². The molecule has 2 N–H and O–H groups in total. The largest absolute Gasteiger partial charge is 0.389 e. The molecule has 1 aliphatic heterocycles. The molecule has 0 radical (unpaired) electrons. The van der Waals surface area contributed by atoms with Crippen molar-refractivity contribution in [1.82, 2.24) is 9.80 Å². The molecule has 1 fully saturated rings. The maximum Gasteiger partial charge on any atom is 0.321 e. The van der Waals surface area contributed by atoms with Crippen LogP contribution in [0.5, 0.6) is 0 Å². The van der Waals surface area contributed by atoms with Crippen molar-refractivity contribution in [3.8, 4) is 0 Å². The van der Waals surface area contributed by atoms with Crippen LogP contribution in [0.25, 0.3) is 0 Å². The number of morpholine rings is 1. The van der Waals surface area contributed by atoms with Gasteiger partial charge in [0.25, 0.3) is 0 Å². The molecule has 0 saturated carbocycles. The first-order chi connectivity index (χ1) is 17.6. The molecule has 1 aliphatic rings. The monoisotopic (exact) mass is 487 g/mol. The zero-order valence-electron chi connectivity index (χ0n) is 21.1. The Morgan fingerprint density at radius 2 is 1.53 bits per heavy atom. The molecular weight excluding hydrogens is 450 g/mol. The summed E-state index contributed by atoms with van der Waals surface area (Å²) in [6, 6.07) is 28.3. The van der Waals surface area contributed by atoms with Crippen LogP contribution in [0.4, 0.5) is 10.5 Å². The van der Waals surface area contributed by atoms with E-state index in [9.17, 15) is 9.90 Å². The fourth-order valence-corrected chi connectivity index (χ4v) is 4.66. The number of nitrogens with one attached hydrogen (secondary N) is 1. The van der Waals surface area contributed by atoms with Crippen LogP contribution in [0.1, 0.15) is 42.1 Å². The Bertz CT molecular complexity index is 1030. The number of anilines is 1. The molecule has 1 saturated heterocycles. The number of carbonyl (C=O) groups excluding carboxylic acids is 1. The van der Waals surface area contributed by atoms with Crippen LogP contribution in [0, 0.1) is 0 Å². The standard InChI is InChI=1S/C30H37N3O3/c1-24(34)27-13-8-14-28(23-27)31-30(35)33(18-17-32-19-21-36-22-20-32)16-15-29(25-9-4-2-5-10-25)26-11-6-3-7-12-26/h2-14,23-24,29,34H,15-22H2,1H3,(H,31,35). The van der Waals surface area contributed by atoms with Crippen molar-refractivity contribution in [2.24, 2.45) is 0 Å². The van der Waals surface area contributed by atoms with E-state index in [4.69, 9.17) is 4.74 Å². The maximum atomic E-state index is 13.5. The van der Waals surface area contributed by atoms with Gasteiger partial charge in [0, 0.05) is 44.3 Å². The summed E-state index contributed by atoms with van der Waals surface area (Å²) in [6.07, 6.45) is 0.231. The number of hydrogen-bond acceptors (Lipinski definition) is 4. The fraction of sp³-hybridized carbons (Fsp3) is 0.367. The summed E-state index contributed by atoms with van der Waals surface area (Å²) >= 11 is 0. The highest BCUT2D eigenvalue weighted by Crippen LogP contribution is 2.28. The van der Waals surface area contributed by atoms with Crippen molar-refractivity contribution >= 4 is 11.7 Å². The highest BCUT2D eigenvalue weighted by molar-refractivity contribution is 5.89. The minimum atomic E-state index is -0.586. The molecular formula is C30H37N3O3. The lowest BCUT2D eigenvalue weighted by atomic mass is 9.88. The Hall–Kier alpha value is -3.19. The van der Waals surface area contributed by atoms with Crippen molar-refractivity contribution in [1.29, 1.82) is 0 Å². The number of rotatable bonds is 10. The number of aliphatic hydroxyl groups excluding tert-OH is 1. The number of ether oxygens (including phenoxy) is 1. The zero-order valence-corrected chi connectivity index (χ0v) is 21.1. The van der Waals surface area contributed by atoms with Crippen molar-refractivity contribution in [3.05, 3.63) is 102 Å². The van der Waals surface area contributed by atoms with Crippen LogP contribution in [-0.4, -0.2) is 66.9 Å². The Kier molecular flexibility index (Phi) is 9.50. The molecule has 190 valence electrons. The quantitative estimate of drug-likeness (QED) is 0.416. The summed E-state index contributed by atoms with van der Waals surface area (Å²) in [6.45, 7) is 7.06. The van der Waals surface area contributed by atoms with E-state index in [1.165, 1.54) is 11.1 Å². The number of carbonyl (C=O) groups is 1. The van der Waals surface area contributed by atoms with Crippen molar-refractivity contribution in [3.63, 3.8) is 0 Å². The number of benzene rings is 3. The van der Waals surface area contributed by atoms with Gasteiger partial charge in [-0.1, -0.05) is 72.8 Å². The van der Waals surface area contributed by atoms with E-state index in [0.717, 1.165) is 44.8 Å². The third-order valence-corrected chi connectivity index (χ3v) is 6.79. The molecule has 0 spiro atoms. The third-order valence-electron chi connectivity index (χ3n) is 6.79. The molecule has 2 amide bonds. The highest BCUT2D eigenvalue weighted by Gasteiger charge is 2.21. The topological polar surface area (TPSA) is 65.0 Å². The van der Waals surface area contributed by atoms with Gasteiger partial charge < -0.3 is 20.1 Å². The number of aliphatic hydroxyl groups is 1. The number of amides is 2. The van der Waals surface area contributed by atoms with E-state index in [2.05, 4.69) is 58.7 Å². The molecule has 0 bridgehead atoms. The van der Waals surface area contributed by atoms with E-state index in [1.807, 2.05) is 41.3 Å². The molecule has 1 atom stereocenters. The van der Waals surface area contributed by atoms with Crippen LogP contribution in [0.15, 0.2) is 84.9 Å². The lowest BCUT2D eigenvalue weighted by Gasteiger charge is -2.31. The molecule has 1 unspecified atom stereocenters. The van der Waals surface area contributed by atoms with E-state index in [-0.39, 0.29) is 11.9 Å². The zero-order chi connectivity index (χ0) is 25.2. The second kappa shape index (κ2) is 13.2. The highest BCUT2D eigenvalue weighted by atomic mass is 16.5. The predicted molar refractivity (Wildman–Crippen MR) is 144 cm³/mol. The van der Waals surface area contributed by atoms with Crippen LogP contribution < -0.4 is 5.32 Å². The van der Waals surface area contributed by atoms with Gasteiger partial charge in [-0.05, 0) is 42.2 Å². The first-order valence-corrected chi connectivity index (χ1v) is 12.8. The van der Waals surface area contributed by atoms with Gasteiger partial charge in [0.1, 0.15) is 0 Å². The smallest absolute Gasteiger partial charge is 0.321 e. The van der Waals surface area contributed by atoms with Crippen LogP contribution in [0.2, 0.25) is 0 Å². The van der Waals surface area contributed by atoms with Gasteiger partial charge in [-0.15, -0.1) is 0 Å². The summed E-state index contributed by atoms with van der Waals surface area (Å²) in [5.74, 6) is 0.199. The Morgan fingerprint density at radius 1 is 0.917 bits per heavy atom. The summed E-state index contributed by atoms with van der Waals surface area (Å²) in [7, 11) is 0. The molecule has 0 aromatic heterocycles. The summed E-state index contributed by atoms with van der Waals surface area (Å²) < 4.78 is 5.49. The minimum absolute atomic E-state index is 0.120. The lowest BCUT2D eigenvalue weighted by molar-refractivity contribution is 0.0351. The van der Waals surface area contributed by atoms with Crippen LogP contribution in [0.3, 0.4) is 0 Å². The van der Waals surface area contributed by atoms with Gasteiger partial charge in [0.05, 0.1) is 19.3 Å². The number of nitrogens with zero attached hydrogens (tertiary/aromatic N) is 2. The van der Waals surface area contributed by atoms with E-state index < -0.39 is 6.10 Å². The Balaban J connectivity index is 1.49. The molecule has 0 aliphatic carbocycles. The Morgan fingerprint density at radius 3 is 2.14 bits per heavy atom. The molecule has 4 rings (SSSR count). The van der Waals surface area contributed by atoms with Crippen molar-refractivity contribution < 1.29 is 14.6 Å². The molecule has 1 heterocycles. The molecule has 3 aromatic carbocycles. The second-order valence-electron chi connectivity index (χ2n) is 9.34. The minimum Gasteiger partial charge on any atom is -0.389 e. The van der Waals surface area contributed by atoms with Gasteiger partial charge in [-0.25, -0.2) is 4.79 Å². The average molecular weight is 488 g/mol.